The van der Waals surface area contributed by atoms with Gasteiger partial charge in [-0.2, -0.15) is 0 Å². The number of ether oxygens (including phenoxy) is 2. The topological polar surface area (TPSA) is 107 Å². The standard InChI is InChI=1S/C27H23N3O5/c1-34-22-8-5-7-19(15-22)25(31)29-21-13-17(12-20(14-21)27(33)35-2)16-28-26(32)24-11-10-18-6-3-4-9-23(18)30-24/h3-15H,16H2,1-2H3,(H,28,32)(H,29,31). The fraction of sp³-hybridized carbons (Fsp3) is 0.111. The maximum Gasteiger partial charge on any atom is 0.337 e. The Bertz CT molecular complexity index is 1420. The molecule has 4 aromatic rings. The van der Waals surface area contributed by atoms with E-state index >= 15 is 0 Å². The molecule has 0 atom stereocenters. The summed E-state index contributed by atoms with van der Waals surface area (Å²) in [6.45, 7) is 0.111. The normalized spacial score (nSPS) is 10.5. The third kappa shape index (κ3) is 5.62. The summed E-state index contributed by atoms with van der Waals surface area (Å²) in [5, 5.41) is 6.53. The molecule has 0 bridgehead atoms. The van der Waals surface area contributed by atoms with E-state index in [1.165, 1.54) is 20.3 Å². The van der Waals surface area contributed by atoms with Crippen LogP contribution in [0.15, 0.2) is 78.9 Å². The molecule has 35 heavy (non-hydrogen) atoms. The average molecular weight is 469 g/mol. The highest BCUT2D eigenvalue weighted by molar-refractivity contribution is 6.05. The molecule has 0 aliphatic carbocycles. The number of hydrogen-bond donors (Lipinski definition) is 2. The van der Waals surface area contributed by atoms with Crippen molar-refractivity contribution in [1.82, 2.24) is 10.3 Å². The number of carbonyl (C=O) groups excluding carboxylic acids is 3. The zero-order chi connectivity index (χ0) is 24.8. The van der Waals surface area contributed by atoms with Crippen LogP contribution in [0.5, 0.6) is 5.75 Å². The highest BCUT2D eigenvalue weighted by atomic mass is 16.5. The lowest BCUT2D eigenvalue weighted by molar-refractivity contribution is 0.0600. The Labute approximate surface area is 201 Å². The molecule has 2 N–H and O–H groups in total. The molecule has 0 fully saturated rings. The van der Waals surface area contributed by atoms with E-state index in [1.807, 2.05) is 30.3 Å². The summed E-state index contributed by atoms with van der Waals surface area (Å²) in [5.74, 6) is -0.750. The van der Waals surface area contributed by atoms with Crippen LogP contribution in [-0.4, -0.2) is 37.0 Å². The van der Waals surface area contributed by atoms with E-state index in [4.69, 9.17) is 9.47 Å². The van der Waals surface area contributed by atoms with E-state index in [0.29, 0.717) is 22.6 Å². The molecule has 0 aliphatic heterocycles. The van der Waals surface area contributed by atoms with Crippen molar-refractivity contribution in [2.45, 2.75) is 6.54 Å². The van der Waals surface area contributed by atoms with Crippen molar-refractivity contribution in [3.05, 3.63) is 101 Å². The van der Waals surface area contributed by atoms with Crippen LogP contribution >= 0.6 is 0 Å². The molecular formula is C27H23N3O5. The number of fused-ring (bicyclic) bond motifs is 1. The molecular weight excluding hydrogens is 446 g/mol. The van der Waals surface area contributed by atoms with Crippen LogP contribution in [-0.2, 0) is 11.3 Å². The highest BCUT2D eigenvalue weighted by Gasteiger charge is 2.14. The summed E-state index contributed by atoms with van der Waals surface area (Å²) in [7, 11) is 2.79. The number of benzene rings is 3. The summed E-state index contributed by atoms with van der Waals surface area (Å²) in [5.41, 5.74) is 2.61. The van der Waals surface area contributed by atoms with Gasteiger partial charge in [0.1, 0.15) is 11.4 Å². The van der Waals surface area contributed by atoms with Gasteiger partial charge in [-0.15, -0.1) is 0 Å². The Morgan fingerprint density at radius 3 is 2.46 bits per heavy atom. The van der Waals surface area contributed by atoms with Crippen LogP contribution in [0.1, 0.15) is 36.8 Å². The quantitative estimate of drug-likeness (QED) is 0.393. The van der Waals surface area contributed by atoms with Gasteiger partial charge in [0, 0.05) is 23.2 Å². The molecule has 176 valence electrons. The van der Waals surface area contributed by atoms with E-state index in [0.717, 1.165) is 10.9 Å². The van der Waals surface area contributed by atoms with Crippen molar-refractivity contribution in [2.24, 2.45) is 0 Å². The number of anilines is 1. The maximum atomic E-state index is 12.7. The van der Waals surface area contributed by atoms with E-state index in [1.54, 1.807) is 42.5 Å². The van der Waals surface area contributed by atoms with Crippen molar-refractivity contribution in [3.63, 3.8) is 0 Å². The number of aromatic nitrogens is 1. The number of hydrogen-bond acceptors (Lipinski definition) is 6. The first kappa shape index (κ1) is 23.4. The van der Waals surface area contributed by atoms with Crippen LogP contribution in [0, 0.1) is 0 Å². The minimum Gasteiger partial charge on any atom is -0.497 e. The summed E-state index contributed by atoms with van der Waals surface area (Å²) in [6, 6.07) is 22.5. The van der Waals surface area contributed by atoms with Crippen LogP contribution in [0.3, 0.4) is 0 Å². The van der Waals surface area contributed by atoms with Crippen LogP contribution in [0.4, 0.5) is 5.69 Å². The molecule has 0 radical (unpaired) electrons. The third-order valence-electron chi connectivity index (χ3n) is 5.29. The number of esters is 1. The molecule has 0 saturated heterocycles. The first-order valence-electron chi connectivity index (χ1n) is 10.8. The molecule has 0 unspecified atom stereocenters. The molecule has 2 amide bonds. The predicted octanol–water partition coefficient (Wildman–Crippen LogP) is 4.21. The zero-order valence-electron chi connectivity index (χ0n) is 19.2. The summed E-state index contributed by atoms with van der Waals surface area (Å²) >= 11 is 0. The second-order valence-electron chi connectivity index (χ2n) is 7.67. The molecule has 1 heterocycles. The Hall–Kier alpha value is -4.72. The van der Waals surface area contributed by atoms with Crippen molar-refractivity contribution < 1.29 is 23.9 Å². The van der Waals surface area contributed by atoms with Gasteiger partial charge in [-0.05, 0) is 54.1 Å². The van der Waals surface area contributed by atoms with Crippen molar-refractivity contribution in [2.75, 3.05) is 19.5 Å². The lowest BCUT2D eigenvalue weighted by atomic mass is 10.1. The average Bonchev–Trinajstić information content (AvgIpc) is 2.90. The Balaban J connectivity index is 1.53. The fourth-order valence-electron chi connectivity index (χ4n) is 3.53. The minimum atomic E-state index is -0.564. The smallest absolute Gasteiger partial charge is 0.337 e. The SMILES string of the molecule is COC(=O)c1cc(CNC(=O)c2ccc3ccccc3n2)cc(NC(=O)c2cccc(OC)c2)c1. The van der Waals surface area contributed by atoms with Gasteiger partial charge in [-0.3, -0.25) is 9.59 Å². The molecule has 8 nitrogen and oxygen atoms in total. The van der Waals surface area contributed by atoms with Gasteiger partial charge >= 0.3 is 5.97 Å². The Kier molecular flexibility index (Phi) is 7.02. The largest absolute Gasteiger partial charge is 0.497 e. The summed E-state index contributed by atoms with van der Waals surface area (Å²) in [4.78, 5) is 42.0. The van der Waals surface area contributed by atoms with Gasteiger partial charge in [0.15, 0.2) is 0 Å². The minimum absolute atomic E-state index is 0.111. The molecule has 0 saturated carbocycles. The molecule has 3 aromatic carbocycles. The number of nitrogens with zero attached hydrogens (tertiary/aromatic N) is 1. The number of methoxy groups -OCH3 is 2. The van der Waals surface area contributed by atoms with E-state index < -0.39 is 5.97 Å². The van der Waals surface area contributed by atoms with Crippen LogP contribution in [0.25, 0.3) is 10.9 Å². The number of rotatable bonds is 7. The zero-order valence-corrected chi connectivity index (χ0v) is 19.2. The summed E-state index contributed by atoms with van der Waals surface area (Å²) < 4.78 is 10.0. The van der Waals surface area contributed by atoms with Crippen molar-refractivity contribution >= 4 is 34.4 Å². The highest BCUT2D eigenvalue weighted by Crippen LogP contribution is 2.19. The monoisotopic (exact) mass is 469 g/mol. The molecule has 0 aliphatic rings. The molecule has 1 aromatic heterocycles. The van der Waals surface area contributed by atoms with Gasteiger partial charge in [0.05, 0.1) is 25.3 Å². The summed E-state index contributed by atoms with van der Waals surface area (Å²) in [6.07, 6.45) is 0. The predicted molar refractivity (Wildman–Crippen MR) is 132 cm³/mol. The van der Waals surface area contributed by atoms with E-state index in [-0.39, 0.29) is 29.6 Å². The van der Waals surface area contributed by atoms with Crippen molar-refractivity contribution in [1.29, 1.82) is 0 Å². The fourth-order valence-corrected chi connectivity index (χ4v) is 3.53. The van der Waals surface area contributed by atoms with Gasteiger partial charge < -0.3 is 20.1 Å². The Morgan fingerprint density at radius 1 is 0.829 bits per heavy atom. The third-order valence-corrected chi connectivity index (χ3v) is 5.29. The Morgan fingerprint density at radius 2 is 1.66 bits per heavy atom. The number of amides is 2. The molecule has 4 rings (SSSR count). The lowest BCUT2D eigenvalue weighted by Crippen LogP contribution is -2.24. The van der Waals surface area contributed by atoms with Gasteiger partial charge in [-0.1, -0.05) is 30.3 Å². The van der Waals surface area contributed by atoms with Crippen LogP contribution < -0.4 is 15.4 Å². The molecule has 8 heteroatoms. The van der Waals surface area contributed by atoms with Gasteiger partial charge in [0.25, 0.3) is 11.8 Å². The number of carbonyl (C=O) groups is 3. The number of para-hydroxylation sites is 1. The second kappa shape index (κ2) is 10.5. The molecule has 0 spiro atoms. The number of pyridine rings is 1. The van der Waals surface area contributed by atoms with E-state index in [2.05, 4.69) is 15.6 Å². The van der Waals surface area contributed by atoms with Crippen molar-refractivity contribution in [3.8, 4) is 5.75 Å². The van der Waals surface area contributed by atoms with E-state index in [9.17, 15) is 14.4 Å². The number of nitrogens with one attached hydrogen (secondary N) is 2. The maximum absolute atomic E-state index is 12.7. The first-order chi connectivity index (χ1) is 17.0. The van der Waals surface area contributed by atoms with Crippen LogP contribution in [0.2, 0.25) is 0 Å². The first-order valence-corrected chi connectivity index (χ1v) is 10.8. The van der Waals surface area contributed by atoms with Gasteiger partial charge in [0.2, 0.25) is 0 Å². The lowest BCUT2D eigenvalue weighted by Gasteiger charge is -2.12. The second-order valence-corrected chi connectivity index (χ2v) is 7.67. The van der Waals surface area contributed by atoms with Gasteiger partial charge in [-0.25, -0.2) is 9.78 Å².